The number of allylic oxidation sites excluding steroid dienone is 1. The highest BCUT2D eigenvalue weighted by atomic mass is 14.7. The molecule has 0 saturated heterocycles. The molecule has 0 aromatic rings. The summed E-state index contributed by atoms with van der Waals surface area (Å²) in [5.74, 6) is 0. The average molecular weight is 90.9 g/mol. The molecule has 0 atom stereocenters. The van der Waals surface area contributed by atoms with Crippen LogP contribution in [0.4, 0.5) is 0 Å². The van der Waals surface area contributed by atoms with E-state index in [4.69, 9.17) is 7.85 Å². The number of rotatable bonds is 0. The molecular formula is C5H6BN. The molecule has 0 unspecified atom stereocenters. The zero-order valence-electron chi connectivity index (χ0n) is 4.09. The minimum atomic E-state index is 0.891. The maximum absolute atomic E-state index is 5.38. The third-order valence-electron chi connectivity index (χ3n) is 0.908. The highest BCUT2D eigenvalue weighted by Crippen LogP contribution is 2.02. The van der Waals surface area contributed by atoms with Crippen molar-refractivity contribution in [1.82, 2.24) is 0 Å². The molecule has 0 aromatic heterocycles. The summed E-state index contributed by atoms with van der Waals surface area (Å²) >= 11 is 0. The summed E-state index contributed by atoms with van der Waals surface area (Å²) in [6.07, 6.45) is 5.55. The molecule has 1 aliphatic heterocycles. The molecule has 0 spiro atoms. The maximum atomic E-state index is 5.38. The zero-order valence-corrected chi connectivity index (χ0v) is 4.09. The molecule has 1 rings (SSSR count). The SMILES string of the molecule is [B]C1=CN=CCC1. The summed E-state index contributed by atoms with van der Waals surface area (Å²) in [5, 5.41) is 0. The molecule has 0 fully saturated rings. The van der Waals surface area contributed by atoms with Crippen LogP contribution < -0.4 is 0 Å². The van der Waals surface area contributed by atoms with Crippen LogP contribution in [0, 0.1) is 0 Å². The number of nitrogens with zero attached hydrogens (tertiary/aromatic N) is 1. The van der Waals surface area contributed by atoms with Crippen LogP contribution >= 0.6 is 0 Å². The van der Waals surface area contributed by atoms with Gasteiger partial charge in [-0.3, -0.25) is 4.99 Å². The van der Waals surface area contributed by atoms with Crippen molar-refractivity contribution >= 4 is 14.1 Å². The van der Waals surface area contributed by atoms with E-state index in [1.165, 1.54) is 0 Å². The van der Waals surface area contributed by atoms with Crippen LogP contribution in [0.5, 0.6) is 0 Å². The highest BCUT2D eigenvalue weighted by Gasteiger charge is 1.89. The highest BCUT2D eigenvalue weighted by molar-refractivity contribution is 6.21. The minimum absolute atomic E-state index is 0.891. The number of aliphatic imine (C=N–C) groups is 1. The Morgan fingerprint density at radius 1 is 1.71 bits per heavy atom. The molecule has 2 heteroatoms. The summed E-state index contributed by atoms with van der Waals surface area (Å²) in [7, 11) is 5.38. The Morgan fingerprint density at radius 2 is 2.57 bits per heavy atom. The van der Waals surface area contributed by atoms with Crippen LogP contribution in [0.25, 0.3) is 0 Å². The van der Waals surface area contributed by atoms with Gasteiger partial charge in [0.2, 0.25) is 0 Å². The standard InChI is InChI=1S/C5H6BN/c6-5-2-1-3-7-4-5/h3-4H,1-2H2. The van der Waals surface area contributed by atoms with Gasteiger partial charge >= 0.3 is 0 Å². The largest absolute Gasteiger partial charge is 0.270 e. The molecule has 0 bridgehead atoms. The van der Waals surface area contributed by atoms with Crippen molar-refractivity contribution in [2.45, 2.75) is 12.8 Å². The lowest BCUT2D eigenvalue weighted by molar-refractivity contribution is 1.06. The third-order valence-corrected chi connectivity index (χ3v) is 0.908. The van der Waals surface area contributed by atoms with Crippen molar-refractivity contribution in [3.63, 3.8) is 0 Å². The van der Waals surface area contributed by atoms with E-state index < -0.39 is 0 Å². The topological polar surface area (TPSA) is 12.4 Å². The smallest absolute Gasteiger partial charge is 0.109 e. The van der Waals surface area contributed by atoms with E-state index in [-0.39, 0.29) is 0 Å². The zero-order chi connectivity index (χ0) is 5.11. The van der Waals surface area contributed by atoms with Crippen molar-refractivity contribution in [3.8, 4) is 0 Å². The molecule has 0 amide bonds. The monoisotopic (exact) mass is 91.1 g/mol. The molecular weight excluding hydrogens is 84.9 g/mol. The minimum Gasteiger partial charge on any atom is -0.270 e. The molecule has 1 heterocycles. The maximum Gasteiger partial charge on any atom is 0.109 e. The van der Waals surface area contributed by atoms with E-state index in [2.05, 4.69) is 4.99 Å². The van der Waals surface area contributed by atoms with E-state index >= 15 is 0 Å². The van der Waals surface area contributed by atoms with Gasteiger partial charge in [-0.15, -0.1) is 0 Å². The first kappa shape index (κ1) is 4.63. The Labute approximate surface area is 44.6 Å². The molecule has 2 radical (unpaired) electrons. The lowest BCUT2D eigenvalue weighted by Crippen LogP contribution is -1.87. The van der Waals surface area contributed by atoms with Crippen molar-refractivity contribution in [1.29, 1.82) is 0 Å². The Morgan fingerprint density at radius 3 is 2.86 bits per heavy atom. The van der Waals surface area contributed by atoms with Gasteiger partial charge in [0.15, 0.2) is 0 Å². The van der Waals surface area contributed by atoms with Gasteiger partial charge < -0.3 is 0 Å². The van der Waals surface area contributed by atoms with Gasteiger partial charge in [-0.05, 0) is 12.8 Å². The number of hydrogen-bond acceptors (Lipinski definition) is 1. The summed E-state index contributed by atoms with van der Waals surface area (Å²) in [5.41, 5.74) is 0.891. The summed E-state index contributed by atoms with van der Waals surface area (Å²) in [6, 6.07) is 0. The Bertz CT molecular complexity index is 115. The van der Waals surface area contributed by atoms with Crippen LogP contribution in [0.2, 0.25) is 0 Å². The molecule has 0 N–H and O–H groups in total. The normalized spacial score (nSPS) is 19.1. The fourth-order valence-electron chi connectivity index (χ4n) is 0.519. The van der Waals surface area contributed by atoms with E-state index in [0.29, 0.717) is 0 Å². The van der Waals surface area contributed by atoms with Gasteiger partial charge in [0.1, 0.15) is 7.85 Å². The summed E-state index contributed by atoms with van der Waals surface area (Å²) < 4.78 is 0. The lowest BCUT2D eigenvalue weighted by atomic mass is 9.91. The average Bonchev–Trinajstić information content (AvgIpc) is 1.69. The summed E-state index contributed by atoms with van der Waals surface area (Å²) in [4.78, 5) is 3.85. The van der Waals surface area contributed by atoms with Crippen LogP contribution in [-0.2, 0) is 0 Å². The van der Waals surface area contributed by atoms with Crippen LogP contribution in [0.1, 0.15) is 12.8 Å². The molecule has 34 valence electrons. The lowest BCUT2D eigenvalue weighted by Gasteiger charge is -1.98. The Balaban J connectivity index is 2.57. The molecule has 1 nitrogen and oxygen atoms in total. The second-order valence-electron chi connectivity index (χ2n) is 1.57. The second-order valence-corrected chi connectivity index (χ2v) is 1.57. The Kier molecular flexibility index (Phi) is 1.30. The molecule has 0 saturated carbocycles. The second kappa shape index (κ2) is 1.96. The predicted octanol–water partition coefficient (Wildman–Crippen LogP) is 0.861. The molecule has 7 heavy (non-hydrogen) atoms. The predicted molar refractivity (Wildman–Crippen MR) is 31.6 cm³/mol. The summed E-state index contributed by atoms with van der Waals surface area (Å²) in [6.45, 7) is 0. The van der Waals surface area contributed by atoms with Gasteiger partial charge in [-0.2, -0.15) is 0 Å². The molecule has 0 aromatic carbocycles. The number of hydrogen-bond donors (Lipinski definition) is 0. The van der Waals surface area contributed by atoms with E-state index in [9.17, 15) is 0 Å². The first-order valence-corrected chi connectivity index (χ1v) is 2.36. The van der Waals surface area contributed by atoms with Crippen LogP contribution in [0.3, 0.4) is 0 Å². The van der Waals surface area contributed by atoms with Gasteiger partial charge in [-0.25, -0.2) is 0 Å². The van der Waals surface area contributed by atoms with E-state index in [1.54, 1.807) is 6.20 Å². The van der Waals surface area contributed by atoms with Crippen molar-refractivity contribution in [3.05, 3.63) is 11.7 Å². The molecule has 1 aliphatic rings. The van der Waals surface area contributed by atoms with E-state index in [0.717, 1.165) is 18.3 Å². The fourth-order valence-corrected chi connectivity index (χ4v) is 0.519. The van der Waals surface area contributed by atoms with Crippen LogP contribution in [-0.4, -0.2) is 14.1 Å². The van der Waals surface area contributed by atoms with Gasteiger partial charge in [0.05, 0.1) is 0 Å². The molecule has 0 aliphatic carbocycles. The van der Waals surface area contributed by atoms with Crippen molar-refractivity contribution in [2.75, 3.05) is 0 Å². The fraction of sp³-hybridized carbons (Fsp3) is 0.400. The van der Waals surface area contributed by atoms with Crippen molar-refractivity contribution in [2.24, 2.45) is 4.99 Å². The first-order valence-electron chi connectivity index (χ1n) is 2.36. The third kappa shape index (κ3) is 1.18. The van der Waals surface area contributed by atoms with Crippen molar-refractivity contribution < 1.29 is 0 Å². The first-order chi connectivity index (χ1) is 3.39. The van der Waals surface area contributed by atoms with Gasteiger partial charge in [0.25, 0.3) is 0 Å². The Hall–Kier alpha value is -0.525. The van der Waals surface area contributed by atoms with Gasteiger partial charge in [-0.1, -0.05) is 5.47 Å². The van der Waals surface area contributed by atoms with Gasteiger partial charge in [0, 0.05) is 12.4 Å². The van der Waals surface area contributed by atoms with E-state index in [1.807, 2.05) is 6.21 Å². The van der Waals surface area contributed by atoms with Crippen LogP contribution in [0.15, 0.2) is 16.7 Å². The quantitative estimate of drug-likeness (QED) is 0.392.